The largest absolute Gasteiger partial charge is 0.421 e. The van der Waals surface area contributed by atoms with E-state index in [1.54, 1.807) is 6.92 Å². The Morgan fingerprint density at radius 1 is 1.18 bits per heavy atom. The van der Waals surface area contributed by atoms with E-state index in [1.165, 1.54) is 18.5 Å². The van der Waals surface area contributed by atoms with E-state index in [0.29, 0.717) is 11.8 Å². The summed E-state index contributed by atoms with van der Waals surface area (Å²) in [5, 5.41) is 7.91. The van der Waals surface area contributed by atoms with Crippen molar-refractivity contribution < 1.29 is 4.42 Å². The molecule has 2 aromatic rings. The molecule has 1 aromatic heterocycles. The first-order valence-corrected chi connectivity index (χ1v) is 5.98. The molecule has 0 amide bonds. The lowest BCUT2D eigenvalue weighted by Gasteiger charge is -2.17. The molecule has 0 bridgehead atoms. The van der Waals surface area contributed by atoms with Gasteiger partial charge in [0.2, 0.25) is 11.8 Å². The molecule has 1 fully saturated rings. The van der Waals surface area contributed by atoms with Crippen molar-refractivity contribution in [2.75, 3.05) is 18.0 Å². The van der Waals surface area contributed by atoms with Crippen LogP contribution in [0.25, 0.3) is 11.5 Å². The lowest BCUT2D eigenvalue weighted by atomic mass is 10.2. The highest BCUT2D eigenvalue weighted by Crippen LogP contribution is 2.25. The predicted octanol–water partition coefficient (Wildman–Crippen LogP) is 2.65. The van der Waals surface area contributed by atoms with E-state index in [4.69, 9.17) is 4.42 Å². The van der Waals surface area contributed by atoms with Gasteiger partial charge in [-0.2, -0.15) is 0 Å². The molecule has 0 atom stereocenters. The predicted molar refractivity (Wildman–Crippen MR) is 65.9 cm³/mol. The highest BCUT2D eigenvalue weighted by Gasteiger charge is 2.14. The second-order valence-electron chi connectivity index (χ2n) is 4.37. The maximum Gasteiger partial charge on any atom is 0.247 e. The van der Waals surface area contributed by atoms with Crippen LogP contribution in [0.3, 0.4) is 0 Å². The zero-order valence-corrected chi connectivity index (χ0v) is 9.89. The van der Waals surface area contributed by atoms with Crippen molar-refractivity contribution in [1.82, 2.24) is 10.2 Å². The third kappa shape index (κ3) is 2.02. The number of rotatable bonds is 2. The standard InChI is InChI=1S/C13H15N3O/c1-10-14-15-13(17-10)11-5-4-6-12(9-11)16-7-2-3-8-16/h4-6,9H,2-3,7-8H2,1H3. The van der Waals surface area contributed by atoms with Crippen LogP contribution in [0.1, 0.15) is 18.7 Å². The van der Waals surface area contributed by atoms with Crippen molar-refractivity contribution in [3.8, 4) is 11.5 Å². The molecule has 1 saturated heterocycles. The minimum Gasteiger partial charge on any atom is -0.421 e. The van der Waals surface area contributed by atoms with Gasteiger partial charge in [-0.15, -0.1) is 10.2 Å². The summed E-state index contributed by atoms with van der Waals surface area (Å²) in [6, 6.07) is 8.31. The van der Waals surface area contributed by atoms with E-state index >= 15 is 0 Å². The summed E-state index contributed by atoms with van der Waals surface area (Å²) in [5.74, 6) is 1.20. The molecular weight excluding hydrogens is 214 g/mol. The second kappa shape index (κ2) is 4.20. The highest BCUT2D eigenvalue weighted by atomic mass is 16.4. The number of nitrogens with zero attached hydrogens (tertiary/aromatic N) is 3. The summed E-state index contributed by atoms with van der Waals surface area (Å²) >= 11 is 0. The van der Waals surface area contributed by atoms with Crippen molar-refractivity contribution in [2.24, 2.45) is 0 Å². The first-order chi connectivity index (χ1) is 8.33. The molecule has 0 saturated carbocycles. The third-order valence-corrected chi connectivity index (χ3v) is 3.09. The van der Waals surface area contributed by atoms with Crippen molar-refractivity contribution in [3.05, 3.63) is 30.2 Å². The Labute approximate surface area is 100 Å². The van der Waals surface area contributed by atoms with Crippen LogP contribution in [-0.4, -0.2) is 23.3 Å². The Bertz CT molecular complexity index is 515. The van der Waals surface area contributed by atoms with Gasteiger partial charge in [-0.3, -0.25) is 0 Å². The van der Waals surface area contributed by atoms with Crippen molar-refractivity contribution >= 4 is 5.69 Å². The molecule has 4 nitrogen and oxygen atoms in total. The number of benzene rings is 1. The van der Waals surface area contributed by atoms with Gasteiger partial charge in [0.15, 0.2) is 0 Å². The molecule has 1 aliphatic rings. The van der Waals surface area contributed by atoms with Crippen LogP contribution in [0.2, 0.25) is 0 Å². The number of aromatic nitrogens is 2. The summed E-state index contributed by atoms with van der Waals surface area (Å²) in [7, 11) is 0. The normalized spacial score (nSPS) is 15.5. The first-order valence-electron chi connectivity index (χ1n) is 5.98. The zero-order valence-electron chi connectivity index (χ0n) is 9.89. The molecular formula is C13H15N3O. The van der Waals surface area contributed by atoms with E-state index in [-0.39, 0.29) is 0 Å². The third-order valence-electron chi connectivity index (χ3n) is 3.09. The minimum absolute atomic E-state index is 0.601. The summed E-state index contributed by atoms with van der Waals surface area (Å²) in [6.07, 6.45) is 2.56. The van der Waals surface area contributed by atoms with Crippen LogP contribution in [0, 0.1) is 6.92 Å². The van der Waals surface area contributed by atoms with E-state index in [2.05, 4.69) is 27.2 Å². The Balaban J connectivity index is 1.93. The van der Waals surface area contributed by atoms with Crippen LogP contribution in [0.4, 0.5) is 5.69 Å². The Hall–Kier alpha value is -1.84. The average molecular weight is 229 g/mol. The van der Waals surface area contributed by atoms with Crippen LogP contribution in [-0.2, 0) is 0 Å². The molecule has 2 heterocycles. The lowest BCUT2D eigenvalue weighted by Crippen LogP contribution is -2.17. The second-order valence-corrected chi connectivity index (χ2v) is 4.37. The summed E-state index contributed by atoms with van der Waals surface area (Å²) in [6.45, 7) is 4.10. The summed E-state index contributed by atoms with van der Waals surface area (Å²) < 4.78 is 5.45. The van der Waals surface area contributed by atoms with Gasteiger partial charge in [-0.25, -0.2) is 0 Å². The van der Waals surface area contributed by atoms with E-state index < -0.39 is 0 Å². The Morgan fingerprint density at radius 2 is 2.00 bits per heavy atom. The highest BCUT2D eigenvalue weighted by molar-refractivity contribution is 5.62. The van der Waals surface area contributed by atoms with E-state index in [0.717, 1.165) is 18.7 Å². The van der Waals surface area contributed by atoms with Gasteiger partial charge in [-0.05, 0) is 31.0 Å². The fourth-order valence-electron chi connectivity index (χ4n) is 2.22. The molecule has 1 aromatic carbocycles. The minimum atomic E-state index is 0.601. The number of hydrogen-bond donors (Lipinski definition) is 0. The molecule has 0 N–H and O–H groups in total. The Kier molecular flexibility index (Phi) is 2.55. The molecule has 88 valence electrons. The van der Waals surface area contributed by atoms with Crippen molar-refractivity contribution in [1.29, 1.82) is 0 Å². The topological polar surface area (TPSA) is 42.2 Å². The van der Waals surface area contributed by atoms with Gasteiger partial charge < -0.3 is 9.32 Å². The zero-order chi connectivity index (χ0) is 11.7. The first kappa shape index (κ1) is 10.3. The monoisotopic (exact) mass is 229 g/mol. The van der Waals surface area contributed by atoms with E-state index in [9.17, 15) is 0 Å². The van der Waals surface area contributed by atoms with Crippen molar-refractivity contribution in [2.45, 2.75) is 19.8 Å². The molecule has 4 heteroatoms. The molecule has 0 aliphatic carbocycles. The summed E-state index contributed by atoms with van der Waals surface area (Å²) in [5.41, 5.74) is 2.24. The SMILES string of the molecule is Cc1nnc(-c2cccc(N3CCCC3)c2)o1. The Morgan fingerprint density at radius 3 is 2.71 bits per heavy atom. The molecule has 0 unspecified atom stereocenters. The van der Waals surface area contributed by atoms with E-state index in [1.807, 2.05) is 12.1 Å². The van der Waals surface area contributed by atoms with Gasteiger partial charge in [0.05, 0.1) is 0 Å². The smallest absolute Gasteiger partial charge is 0.247 e. The van der Waals surface area contributed by atoms with Crippen LogP contribution in [0.5, 0.6) is 0 Å². The maximum absolute atomic E-state index is 5.45. The van der Waals surface area contributed by atoms with Crippen LogP contribution < -0.4 is 4.90 Å². The fourth-order valence-corrected chi connectivity index (χ4v) is 2.22. The fraction of sp³-hybridized carbons (Fsp3) is 0.385. The molecule has 17 heavy (non-hydrogen) atoms. The molecule has 1 aliphatic heterocycles. The number of hydrogen-bond acceptors (Lipinski definition) is 4. The molecule has 3 rings (SSSR count). The molecule has 0 radical (unpaired) electrons. The number of anilines is 1. The average Bonchev–Trinajstić information content (AvgIpc) is 3.00. The van der Waals surface area contributed by atoms with Crippen LogP contribution >= 0.6 is 0 Å². The maximum atomic E-state index is 5.45. The quantitative estimate of drug-likeness (QED) is 0.794. The summed E-state index contributed by atoms with van der Waals surface area (Å²) in [4.78, 5) is 2.40. The number of aryl methyl sites for hydroxylation is 1. The van der Waals surface area contributed by atoms with Gasteiger partial charge in [0.25, 0.3) is 0 Å². The lowest BCUT2D eigenvalue weighted by molar-refractivity contribution is 0.533. The van der Waals surface area contributed by atoms with Gasteiger partial charge in [0.1, 0.15) is 0 Å². The molecule has 0 spiro atoms. The van der Waals surface area contributed by atoms with Crippen LogP contribution in [0.15, 0.2) is 28.7 Å². The van der Waals surface area contributed by atoms with Gasteiger partial charge in [0, 0.05) is 31.3 Å². The van der Waals surface area contributed by atoms with Gasteiger partial charge >= 0.3 is 0 Å². The van der Waals surface area contributed by atoms with Gasteiger partial charge in [-0.1, -0.05) is 6.07 Å². The van der Waals surface area contributed by atoms with Crippen molar-refractivity contribution in [3.63, 3.8) is 0 Å².